The number of rotatable bonds is 3. The number of anilines is 1. The van der Waals surface area contributed by atoms with E-state index < -0.39 is 0 Å². The summed E-state index contributed by atoms with van der Waals surface area (Å²) >= 11 is 0. The Bertz CT molecular complexity index is 946. The third kappa shape index (κ3) is 2.78. The molecule has 0 fully saturated rings. The van der Waals surface area contributed by atoms with Gasteiger partial charge in [0.15, 0.2) is 0 Å². The molecule has 0 saturated carbocycles. The lowest BCUT2D eigenvalue weighted by atomic mass is 10.0. The molecular formula is C20H19N3O2. The summed E-state index contributed by atoms with van der Waals surface area (Å²) in [6, 6.07) is 15.8. The van der Waals surface area contributed by atoms with Gasteiger partial charge in [-0.05, 0) is 36.8 Å². The second-order valence-corrected chi connectivity index (χ2v) is 6.25. The van der Waals surface area contributed by atoms with Crippen molar-refractivity contribution in [2.75, 3.05) is 11.9 Å². The summed E-state index contributed by atoms with van der Waals surface area (Å²) in [6.07, 6.45) is 1.78. The van der Waals surface area contributed by atoms with Gasteiger partial charge in [0.2, 0.25) is 5.91 Å². The second-order valence-electron chi connectivity index (χ2n) is 6.25. The minimum absolute atomic E-state index is 0.0135. The van der Waals surface area contributed by atoms with Gasteiger partial charge in [-0.25, -0.2) is 0 Å². The number of amides is 1. The van der Waals surface area contributed by atoms with Gasteiger partial charge >= 0.3 is 0 Å². The van der Waals surface area contributed by atoms with Crippen molar-refractivity contribution in [2.45, 2.75) is 20.1 Å². The molecule has 1 amide bonds. The molecule has 0 saturated heterocycles. The zero-order chi connectivity index (χ0) is 17.4. The molecule has 1 aromatic heterocycles. The Hall–Kier alpha value is -3.08. The molecule has 0 unspecified atom stereocenters. The molecule has 0 atom stereocenters. The van der Waals surface area contributed by atoms with E-state index in [9.17, 15) is 4.79 Å². The Morgan fingerprint density at radius 1 is 1.24 bits per heavy atom. The molecular weight excluding hydrogens is 314 g/mol. The molecule has 126 valence electrons. The first-order valence-electron chi connectivity index (χ1n) is 8.23. The molecule has 1 aliphatic rings. The Balaban J connectivity index is 1.63. The molecule has 0 aliphatic carbocycles. The summed E-state index contributed by atoms with van der Waals surface area (Å²) in [7, 11) is 1.80. The zero-order valence-electron chi connectivity index (χ0n) is 14.3. The fraction of sp³-hybridized carbons (Fsp3) is 0.200. The highest BCUT2D eigenvalue weighted by atomic mass is 16.5. The minimum atomic E-state index is -0.0135. The predicted octanol–water partition coefficient (Wildman–Crippen LogP) is 3.41. The topological polar surface area (TPSA) is 47.4 Å². The number of hydrogen-bond acceptors (Lipinski definition) is 3. The van der Waals surface area contributed by atoms with Crippen LogP contribution in [0.4, 0.5) is 5.69 Å². The molecule has 1 aliphatic heterocycles. The van der Waals surface area contributed by atoms with Crippen LogP contribution in [-0.2, 0) is 17.9 Å². The van der Waals surface area contributed by atoms with E-state index in [1.54, 1.807) is 22.8 Å². The van der Waals surface area contributed by atoms with Crippen LogP contribution in [0.25, 0.3) is 11.3 Å². The first-order valence-corrected chi connectivity index (χ1v) is 8.23. The predicted molar refractivity (Wildman–Crippen MR) is 96.6 cm³/mol. The molecule has 4 rings (SSSR count). The third-order valence-corrected chi connectivity index (χ3v) is 4.49. The van der Waals surface area contributed by atoms with Crippen LogP contribution in [0.15, 0.2) is 54.7 Å². The lowest BCUT2D eigenvalue weighted by Crippen LogP contribution is -2.30. The van der Waals surface area contributed by atoms with Gasteiger partial charge < -0.3 is 9.64 Å². The van der Waals surface area contributed by atoms with Gasteiger partial charge in [-0.2, -0.15) is 5.10 Å². The zero-order valence-corrected chi connectivity index (χ0v) is 14.3. The number of ether oxygens (including phenoxy) is 1. The summed E-state index contributed by atoms with van der Waals surface area (Å²) in [5.74, 6) is 0.816. The van der Waals surface area contributed by atoms with E-state index in [2.05, 4.69) is 5.10 Å². The number of carbonyl (C=O) groups is 1. The van der Waals surface area contributed by atoms with E-state index in [0.29, 0.717) is 6.61 Å². The molecule has 5 nitrogen and oxygen atoms in total. The van der Waals surface area contributed by atoms with Crippen molar-refractivity contribution in [1.82, 2.24) is 9.78 Å². The average Bonchev–Trinajstić information content (AvgIpc) is 3.04. The number of hydrogen-bond donors (Lipinski definition) is 0. The lowest BCUT2D eigenvalue weighted by molar-refractivity contribution is -0.119. The van der Waals surface area contributed by atoms with Crippen molar-refractivity contribution in [3.05, 3.63) is 65.9 Å². The van der Waals surface area contributed by atoms with E-state index in [0.717, 1.165) is 33.8 Å². The Morgan fingerprint density at radius 3 is 2.92 bits per heavy atom. The Labute approximate surface area is 146 Å². The number of para-hydroxylation sites is 1. The third-order valence-electron chi connectivity index (χ3n) is 4.49. The van der Waals surface area contributed by atoms with Gasteiger partial charge in [-0.1, -0.05) is 24.3 Å². The summed E-state index contributed by atoms with van der Waals surface area (Å²) in [5.41, 5.74) is 4.96. The molecule has 2 aromatic carbocycles. The first-order chi connectivity index (χ1) is 12.1. The minimum Gasteiger partial charge on any atom is -0.488 e. The monoisotopic (exact) mass is 333 g/mol. The summed E-state index contributed by atoms with van der Waals surface area (Å²) in [5, 5.41) is 4.42. The number of benzene rings is 2. The van der Waals surface area contributed by atoms with Gasteiger partial charge in [0.05, 0.1) is 11.9 Å². The molecule has 0 N–H and O–H groups in total. The van der Waals surface area contributed by atoms with Crippen LogP contribution < -0.4 is 9.64 Å². The number of nitrogens with zero attached hydrogens (tertiary/aromatic N) is 3. The highest BCUT2D eigenvalue weighted by Gasteiger charge is 2.23. The molecule has 5 heteroatoms. The average molecular weight is 333 g/mol. The SMILES string of the molecule is Cc1cccc(N(C)C(=O)Cn2ncc3c2-c2ccccc2OC3)c1. The van der Waals surface area contributed by atoms with Gasteiger partial charge in [0.1, 0.15) is 18.9 Å². The maximum atomic E-state index is 12.8. The Morgan fingerprint density at radius 2 is 2.08 bits per heavy atom. The fourth-order valence-electron chi connectivity index (χ4n) is 3.12. The van der Waals surface area contributed by atoms with Gasteiger partial charge in [0, 0.05) is 23.9 Å². The lowest BCUT2D eigenvalue weighted by Gasteiger charge is -2.21. The van der Waals surface area contributed by atoms with Crippen LogP contribution in [0.2, 0.25) is 0 Å². The Kier molecular flexibility index (Phi) is 3.76. The van der Waals surface area contributed by atoms with Crippen LogP contribution in [0.1, 0.15) is 11.1 Å². The van der Waals surface area contributed by atoms with Gasteiger partial charge in [-0.3, -0.25) is 9.48 Å². The molecule has 2 heterocycles. The molecule has 0 radical (unpaired) electrons. The first kappa shape index (κ1) is 15.4. The summed E-state index contributed by atoms with van der Waals surface area (Å²) < 4.78 is 7.52. The van der Waals surface area contributed by atoms with Crippen LogP contribution in [0.3, 0.4) is 0 Å². The quantitative estimate of drug-likeness (QED) is 0.738. The highest BCUT2D eigenvalue weighted by molar-refractivity contribution is 5.93. The highest BCUT2D eigenvalue weighted by Crippen LogP contribution is 2.37. The van der Waals surface area contributed by atoms with E-state index in [-0.39, 0.29) is 12.5 Å². The summed E-state index contributed by atoms with van der Waals surface area (Å²) in [6.45, 7) is 2.69. The van der Waals surface area contributed by atoms with E-state index >= 15 is 0 Å². The van der Waals surface area contributed by atoms with Crippen molar-refractivity contribution in [2.24, 2.45) is 0 Å². The molecule has 0 bridgehead atoms. The largest absolute Gasteiger partial charge is 0.488 e. The number of carbonyl (C=O) groups excluding carboxylic acids is 1. The number of fused-ring (bicyclic) bond motifs is 3. The standard InChI is InChI=1S/C20H19N3O2/c1-14-6-5-7-16(10-14)22(2)19(24)12-23-20-15(11-21-23)13-25-18-9-4-3-8-17(18)20/h3-11H,12-13H2,1-2H3. The van der Waals surface area contributed by atoms with Crippen molar-refractivity contribution >= 4 is 11.6 Å². The number of aryl methyl sites for hydroxylation is 1. The van der Waals surface area contributed by atoms with Crippen LogP contribution >= 0.6 is 0 Å². The van der Waals surface area contributed by atoms with E-state index in [1.165, 1.54) is 0 Å². The number of likely N-dealkylation sites (N-methyl/N-ethyl adjacent to an activating group) is 1. The van der Waals surface area contributed by atoms with Gasteiger partial charge in [0.25, 0.3) is 0 Å². The summed E-state index contributed by atoms with van der Waals surface area (Å²) in [4.78, 5) is 14.4. The normalized spacial score (nSPS) is 12.1. The van der Waals surface area contributed by atoms with Crippen LogP contribution in [0, 0.1) is 6.92 Å². The smallest absolute Gasteiger partial charge is 0.248 e. The molecule has 3 aromatic rings. The van der Waals surface area contributed by atoms with Crippen LogP contribution in [-0.4, -0.2) is 22.7 Å². The molecule has 0 spiro atoms. The second kappa shape index (κ2) is 6.09. The number of aromatic nitrogens is 2. The van der Waals surface area contributed by atoms with E-state index in [4.69, 9.17) is 4.74 Å². The van der Waals surface area contributed by atoms with Crippen LogP contribution in [0.5, 0.6) is 5.75 Å². The van der Waals surface area contributed by atoms with Crippen molar-refractivity contribution < 1.29 is 9.53 Å². The van der Waals surface area contributed by atoms with Crippen molar-refractivity contribution in [1.29, 1.82) is 0 Å². The van der Waals surface area contributed by atoms with Gasteiger partial charge in [-0.15, -0.1) is 0 Å². The van der Waals surface area contributed by atoms with E-state index in [1.807, 2.05) is 55.5 Å². The maximum Gasteiger partial charge on any atom is 0.248 e. The molecule has 25 heavy (non-hydrogen) atoms. The van der Waals surface area contributed by atoms with Crippen molar-refractivity contribution in [3.63, 3.8) is 0 Å². The van der Waals surface area contributed by atoms with Crippen molar-refractivity contribution in [3.8, 4) is 17.0 Å². The maximum absolute atomic E-state index is 12.8. The fourth-order valence-corrected chi connectivity index (χ4v) is 3.12.